The molecular weight excluding hydrogens is 370 g/mol. The molecule has 0 spiro atoms. The zero-order valence-electron chi connectivity index (χ0n) is 16.0. The van der Waals surface area contributed by atoms with Gasteiger partial charge in [0.1, 0.15) is 11.6 Å². The van der Waals surface area contributed by atoms with Crippen LogP contribution in [-0.4, -0.2) is 34.4 Å². The van der Waals surface area contributed by atoms with Crippen molar-refractivity contribution in [3.05, 3.63) is 78.4 Å². The Morgan fingerprint density at radius 1 is 1.14 bits per heavy atom. The average molecular weight is 396 g/mol. The third-order valence-corrected chi connectivity index (χ3v) is 5.18. The van der Waals surface area contributed by atoms with Crippen molar-refractivity contribution < 1.29 is 9.53 Å². The maximum atomic E-state index is 12.1. The van der Waals surface area contributed by atoms with E-state index in [-0.39, 0.29) is 5.91 Å². The van der Waals surface area contributed by atoms with E-state index in [0.29, 0.717) is 25.3 Å². The van der Waals surface area contributed by atoms with Crippen molar-refractivity contribution in [3.8, 4) is 5.75 Å². The monoisotopic (exact) mass is 395 g/mol. The number of aromatic nitrogens is 2. The van der Waals surface area contributed by atoms with Crippen molar-refractivity contribution in [2.45, 2.75) is 24.8 Å². The number of carbonyl (C=O) groups excluding carboxylic acids is 1. The topological polar surface area (TPSA) is 56.1 Å². The number of benzene rings is 2. The van der Waals surface area contributed by atoms with Crippen LogP contribution in [0.1, 0.15) is 18.3 Å². The highest BCUT2D eigenvalue weighted by Crippen LogP contribution is 2.21. The predicted molar refractivity (Wildman–Crippen MR) is 113 cm³/mol. The number of hydrogen-bond donors (Lipinski definition) is 1. The van der Waals surface area contributed by atoms with E-state index >= 15 is 0 Å². The van der Waals surface area contributed by atoms with Crippen LogP contribution in [-0.2, 0) is 17.8 Å². The van der Waals surface area contributed by atoms with E-state index in [9.17, 15) is 4.79 Å². The highest BCUT2D eigenvalue weighted by molar-refractivity contribution is 8.00. The molecule has 0 saturated heterocycles. The Labute approximate surface area is 170 Å². The Bertz CT molecular complexity index is 863. The van der Waals surface area contributed by atoms with Crippen LogP contribution in [0.5, 0.6) is 5.75 Å². The minimum Gasteiger partial charge on any atom is -0.494 e. The van der Waals surface area contributed by atoms with Crippen LogP contribution in [0.2, 0.25) is 0 Å². The molecule has 1 N–H and O–H groups in total. The highest BCUT2D eigenvalue weighted by atomic mass is 32.2. The van der Waals surface area contributed by atoms with Crippen LogP contribution in [0.3, 0.4) is 0 Å². The van der Waals surface area contributed by atoms with Crippen LogP contribution in [0.4, 0.5) is 0 Å². The molecule has 2 aromatic carbocycles. The summed E-state index contributed by atoms with van der Waals surface area (Å²) in [5.74, 6) is 2.25. The summed E-state index contributed by atoms with van der Waals surface area (Å²) >= 11 is 1.52. The van der Waals surface area contributed by atoms with Gasteiger partial charge in [-0.1, -0.05) is 30.3 Å². The molecule has 0 fully saturated rings. The van der Waals surface area contributed by atoms with E-state index in [1.165, 1.54) is 17.3 Å². The number of rotatable bonds is 10. The van der Waals surface area contributed by atoms with Crippen molar-refractivity contribution in [3.63, 3.8) is 0 Å². The van der Waals surface area contributed by atoms with Crippen LogP contribution in [0.25, 0.3) is 0 Å². The number of amides is 1. The second-order valence-corrected chi connectivity index (χ2v) is 7.30. The van der Waals surface area contributed by atoms with Crippen molar-refractivity contribution in [2.24, 2.45) is 0 Å². The molecule has 146 valence electrons. The molecule has 0 aliphatic heterocycles. The summed E-state index contributed by atoms with van der Waals surface area (Å²) < 4.78 is 7.55. The highest BCUT2D eigenvalue weighted by Gasteiger charge is 2.06. The lowest BCUT2D eigenvalue weighted by atomic mass is 10.2. The second-order valence-electron chi connectivity index (χ2n) is 6.25. The van der Waals surface area contributed by atoms with Gasteiger partial charge in [0, 0.05) is 36.8 Å². The summed E-state index contributed by atoms with van der Waals surface area (Å²) in [5.41, 5.74) is 1.23. The van der Waals surface area contributed by atoms with Gasteiger partial charge in [0.05, 0.1) is 12.4 Å². The standard InChI is InChI=1S/C22H25N3O2S/c1-2-27-19-8-10-20(11-9-19)28-17-22(26)24-13-12-21-23-14-15-25(21)16-18-6-4-3-5-7-18/h3-11,14-15H,2,12-13,16-17H2,1H3,(H,24,26). The summed E-state index contributed by atoms with van der Waals surface area (Å²) in [6.07, 6.45) is 4.49. The van der Waals surface area contributed by atoms with Gasteiger partial charge in [0.25, 0.3) is 0 Å². The summed E-state index contributed by atoms with van der Waals surface area (Å²) in [6, 6.07) is 18.1. The van der Waals surface area contributed by atoms with Crippen molar-refractivity contribution in [1.82, 2.24) is 14.9 Å². The number of imidazole rings is 1. The molecule has 3 rings (SSSR count). The van der Waals surface area contributed by atoms with Gasteiger partial charge in [0.15, 0.2) is 0 Å². The van der Waals surface area contributed by atoms with Gasteiger partial charge in [-0.05, 0) is 36.8 Å². The molecule has 5 nitrogen and oxygen atoms in total. The lowest BCUT2D eigenvalue weighted by Gasteiger charge is -2.09. The van der Waals surface area contributed by atoms with E-state index in [1.807, 2.05) is 61.8 Å². The zero-order valence-corrected chi connectivity index (χ0v) is 16.8. The summed E-state index contributed by atoms with van der Waals surface area (Å²) in [7, 11) is 0. The molecule has 1 amide bonds. The first-order valence-corrected chi connectivity index (χ1v) is 10.4. The molecule has 0 radical (unpaired) electrons. The predicted octanol–water partition coefficient (Wildman–Crippen LogP) is 3.78. The number of thioether (sulfide) groups is 1. The van der Waals surface area contributed by atoms with Gasteiger partial charge in [-0.25, -0.2) is 4.98 Å². The number of carbonyl (C=O) groups is 1. The number of nitrogens with zero attached hydrogens (tertiary/aromatic N) is 2. The Hall–Kier alpha value is -2.73. The third kappa shape index (κ3) is 6.16. The normalized spacial score (nSPS) is 10.6. The second kappa shape index (κ2) is 10.6. The number of hydrogen-bond acceptors (Lipinski definition) is 4. The minimum absolute atomic E-state index is 0.0278. The lowest BCUT2D eigenvalue weighted by Crippen LogP contribution is -2.28. The summed E-state index contributed by atoms with van der Waals surface area (Å²) in [5, 5.41) is 2.98. The molecule has 0 bridgehead atoms. The van der Waals surface area contributed by atoms with Crippen LogP contribution >= 0.6 is 11.8 Å². The van der Waals surface area contributed by atoms with E-state index in [0.717, 1.165) is 23.0 Å². The number of nitrogens with one attached hydrogen (secondary N) is 1. The fraction of sp³-hybridized carbons (Fsp3) is 0.273. The fourth-order valence-corrected chi connectivity index (χ4v) is 3.53. The Kier molecular flexibility index (Phi) is 7.55. The Morgan fingerprint density at radius 3 is 2.68 bits per heavy atom. The maximum Gasteiger partial charge on any atom is 0.230 e. The minimum atomic E-state index is 0.0278. The smallest absolute Gasteiger partial charge is 0.230 e. The summed E-state index contributed by atoms with van der Waals surface area (Å²) in [4.78, 5) is 17.6. The quantitative estimate of drug-likeness (QED) is 0.531. The van der Waals surface area contributed by atoms with E-state index in [1.54, 1.807) is 0 Å². The molecule has 0 aliphatic rings. The Balaban J connectivity index is 1.40. The molecule has 0 aliphatic carbocycles. The van der Waals surface area contributed by atoms with Gasteiger partial charge in [0.2, 0.25) is 5.91 Å². The van der Waals surface area contributed by atoms with Gasteiger partial charge in [-0.15, -0.1) is 11.8 Å². The summed E-state index contributed by atoms with van der Waals surface area (Å²) in [6.45, 7) is 3.98. The van der Waals surface area contributed by atoms with Crippen LogP contribution in [0, 0.1) is 0 Å². The SMILES string of the molecule is CCOc1ccc(SCC(=O)NCCc2nccn2Cc2ccccc2)cc1. The molecule has 6 heteroatoms. The van der Waals surface area contributed by atoms with Crippen molar-refractivity contribution in [1.29, 1.82) is 0 Å². The van der Waals surface area contributed by atoms with Crippen molar-refractivity contribution in [2.75, 3.05) is 18.9 Å². The van der Waals surface area contributed by atoms with E-state index < -0.39 is 0 Å². The van der Waals surface area contributed by atoms with E-state index in [4.69, 9.17) is 4.74 Å². The van der Waals surface area contributed by atoms with Gasteiger partial charge < -0.3 is 14.6 Å². The first kappa shape index (κ1) is 20.0. The van der Waals surface area contributed by atoms with Gasteiger partial charge in [-0.3, -0.25) is 4.79 Å². The molecule has 1 heterocycles. The third-order valence-electron chi connectivity index (χ3n) is 4.17. The van der Waals surface area contributed by atoms with Gasteiger partial charge in [-0.2, -0.15) is 0 Å². The molecule has 28 heavy (non-hydrogen) atoms. The lowest BCUT2D eigenvalue weighted by molar-refractivity contribution is -0.118. The zero-order chi connectivity index (χ0) is 19.6. The molecular formula is C22H25N3O2S. The molecule has 0 atom stereocenters. The Morgan fingerprint density at radius 2 is 1.93 bits per heavy atom. The first-order valence-electron chi connectivity index (χ1n) is 9.41. The average Bonchev–Trinajstić information content (AvgIpc) is 3.15. The van der Waals surface area contributed by atoms with Crippen molar-refractivity contribution >= 4 is 17.7 Å². The fourth-order valence-electron chi connectivity index (χ4n) is 2.80. The van der Waals surface area contributed by atoms with E-state index in [2.05, 4.69) is 27.0 Å². The maximum absolute atomic E-state index is 12.1. The van der Waals surface area contributed by atoms with Gasteiger partial charge >= 0.3 is 0 Å². The molecule has 1 aromatic heterocycles. The molecule has 0 saturated carbocycles. The van der Waals surface area contributed by atoms with Crippen LogP contribution < -0.4 is 10.1 Å². The number of ether oxygens (including phenoxy) is 1. The first-order chi connectivity index (χ1) is 13.7. The largest absolute Gasteiger partial charge is 0.494 e. The molecule has 0 unspecified atom stereocenters. The molecule has 3 aromatic rings. The van der Waals surface area contributed by atoms with Crippen LogP contribution in [0.15, 0.2) is 71.9 Å².